The quantitative estimate of drug-likeness (QED) is 0.630. The van der Waals surface area contributed by atoms with Gasteiger partial charge in [-0.1, -0.05) is 31.0 Å². The molecule has 2 aliphatic rings. The molecule has 0 radical (unpaired) electrons. The van der Waals surface area contributed by atoms with Crippen LogP contribution in [-0.4, -0.2) is 36.3 Å². The van der Waals surface area contributed by atoms with Gasteiger partial charge in [0, 0.05) is 12.2 Å². The van der Waals surface area contributed by atoms with Crippen LogP contribution in [0.3, 0.4) is 0 Å². The number of ether oxygens (including phenoxy) is 1. The van der Waals surface area contributed by atoms with E-state index in [4.69, 9.17) is 10.5 Å². The third kappa shape index (κ3) is 4.78. The van der Waals surface area contributed by atoms with Crippen LogP contribution in [0.4, 0.5) is 10.7 Å². The number of primary amides is 1. The van der Waals surface area contributed by atoms with Gasteiger partial charge in [-0.15, -0.1) is 11.3 Å². The molecule has 4 rings (SSSR count). The fraction of sp³-hybridized carbons (Fsp3) is 0.417. The number of hydrogen-bond donors (Lipinski definition) is 2. The number of carbonyl (C=O) groups excluding carboxylic acids is 4. The second-order valence-corrected chi connectivity index (χ2v) is 9.38. The molecule has 3 amide bonds. The SMILES string of the molecule is CC(OC(=O)C1CCCCC1C(=O)N1CCc2ccccc21)C(=O)Nc1sccc1C(N)=O. The fourth-order valence-corrected chi connectivity index (χ4v) is 5.40. The van der Waals surface area contributed by atoms with Crippen LogP contribution in [0.1, 0.15) is 48.5 Å². The lowest BCUT2D eigenvalue weighted by Crippen LogP contribution is -2.43. The predicted octanol–water partition coefficient (Wildman–Crippen LogP) is 3.11. The number of para-hydroxylation sites is 1. The summed E-state index contributed by atoms with van der Waals surface area (Å²) < 4.78 is 5.48. The smallest absolute Gasteiger partial charge is 0.310 e. The number of benzene rings is 1. The second-order valence-electron chi connectivity index (χ2n) is 8.46. The van der Waals surface area contributed by atoms with Crippen LogP contribution in [0.15, 0.2) is 35.7 Å². The van der Waals surface area contributed by atoms with Gasteiger partial charge >= 0.3 is 5.97 Å². The maximum Gasteiger partial charge on any atom is 0.310 e. The molecule has 9 heteroatoms. The van der Waals surface area contributed by atoms with Gasteiger partial charge in [-0.2, -0.15) is 0 Å². The summed E-state index contributed by atoms with van der Waals surface area (Å²) in [5.41, 5.74) is 7.56. The van der Waals surface area contributed by atoms with E-state index in [2.05, 4.69) is 5.32 Å². The summed E-state index contributed by atoms with van der Waals surface area (Å²) in [6.45, 7) is 2.08. The Morgan fingerprint density at radius 1 is 1.12 bits per heavy atom. The van der Waals surface area contributed by atoms with E-state index in [1.165, 1.54) is 13.0 Å². The van der Waals surface area contributed by atoms with Gasteiger partial charge in [-0.25, -0.2) is 0 Å². The molecule has 8 nitrogen and oxygen atoms in total. The van der Waals surface area contributed by atoms with Crippen molar-refractivity contribution in [3.8, 4) is 0 Å². The Morgan fingerprint density at radius 3 is 2.61 bits per heavy atom. The minimum absolute atomic E-state index is 0.0524. The molecule has 0 spiro atoms. The van der Waals surface area contributed by atoms with E-state index in [-0.39, 0.29) is 11.5 Å². The van der Waals surface area contributed by atoms with Gasteiger partial charge in [0.25, 0.3) is 11.8 Å². The maximum atomic E-state index is 13.4. The molecule has 1 aromatic heterocycles. The molecule has 1 aliphatic carbocycles. The van der Waals surface area contributed by atoms with Crippen LogP contribution >= 0.6 is 11.3 Å². The highest BCUT2D eigenvalue weighted by atomic mass is 32.1. The van der Waals surface area contributed by atoms with E-state index in [0.717, 1.165) is 41.9 Å². The summed E-state index contributed by atoms with van der Waals surface area (Å²) in [5.74, 6) is -2.85. The van der Waals surface area contributed by atoms with E-state index in [1.807, 2.05) is 24.3 Å². The normalized spacial score (nSPS) is 20.6. The monoisotopic (exact) mass is 469 g/mol. The van der Waals surface area contributed by atoms with Crippen LogP contribution in [0.2, 0.25) is 0 Å². The minimum atomic E-state index is -1.08. The van der Waals surface area contributed by atoms with Crippen LogP contribution < -0.4 is 16.0 Å². The standard InChI is InChI=1S/C24H27N3O5S/c1-14(21(29)26-22-18(20(25)28)11-13-33-22)32-24(31)17-8-4-3-7-16(17)23(30)27-12-10-15-6-2-5-9-19(15)27/h2,5-6,9,11,13-14,16-17H,3-4,7-8,10,12H2,1H3,(H2,25,28)(H,26,29). The summed E-state index contributed by atoms with van der Waals surface area (Å²) in [5, 5.41) is 4.55. The van der Waals surface area contributed by atoms with Crippen LogP contribution in [0.25, 0.3) is 0 Å². The molecule has 3 unspecified atom stereocenters. The number of nitrogens with zero attached hydrogens (tertiary/aromatic N) is 1. The Morgan fingerprint density at radius 2 is 1.85 bits per heavy atom. The molecule has 3 atom stereocenters. The van der Waals surface area contributed by atoms with Gasteiger partial charge in [-0.05, 0) is 49.3 Å². The summed E-state index contributed by atoms with van der Waals surface area (Å²) >= 11 is 1.16. The Hall–Kier alpha value is -3.20. The number of nitrogens with one attached hydrogen (secondary N) is 1. The lowest BCUT2D eigenvalue weighted by Gasteiger charge is -2.32. The van der Waals surface area contributed by atoms with Crippen molar-refractivity contribution in [1.29, 1.82) is 0 Å². The predicted molar refractivity (Wildman–Crippen MR) is 125 cm³/mol. The molecule has 0 bridgehead atoms. The molecule has 1 saturated carbocycles. The number of rotatable bonds is 6. The number of carbonyl (C=O) groups is 4. The van der Waals surface area contributed by atoms with E-state index in [0.29, 0.717) is 24.4 Å². The van der Waals surface area contributed by atoms with Gasteiger partial charge in [0.15, 0.2) is 6.10 Å². The maximum absolute atomic E-state index is 13.4. The number of esters is 1. The highest BCUT2D eigenvalue weighted by Crippen LogP contribution is 2.36. The van der Waals surface area contributed by atoms with E-state index in [9.17, 15) is 19.2 Å². The number of nitrogens with two attached hydrogens (primary N) is 1. The first-order valence-electron chi connectivity index (χ1n) is 11.1. The Labute approximate surface area is 196 Å². The van der Waals surface area contributed by atoms with Crippen molar-refractivity contribution in [2.24, 2.45) is 17.6 Å². The summed E-state index contributed by atoms with van der Waals surface area (Å²) in [6, 6.07) is 9.35. The van der Waals surface area contributed by atoms with Crippen LogP contribution in [-0.2, 0) is 25.5 Å². The van der Waals surface area contributed by atoms with Gasteiger partial charge in [0.2, 0.25) is 5.91 Å². The third-order valence-corrected chi connectivity index (χ3v) is 7.20. The molecule has 1 aromatic carbocycles. The Kier molecular flexibility index (Phi) is 6.78. The van der Waals surface area contributed by atoms with Crippen molar-refractivity contribution in [1.82, 2.24) is 0 Å². The Balaban J connectivity index is 1.42. The van der Waals surface area contributed by atoms with Crippen molar-refractivity contribution < 1.29 is 23.9 Å². The highest BCUT2D eigenvalue weighted by molar-refractivity contribution is 7.14. The number of fused-ring (bicyclic) bond motifs is 1. The second kappa shape index (κ2) is 9.74. The number of anilines is 2. The summed E-state index contributed by atoms with van der Waals surface area (Å²) in [7, 11) is 0. The minimum Gasteiger partial charge on any atom is -0.452 e. The zero-order valence-electron chi connectivity index (χ0n) is 18.4. The first kappa shape index (κ1) is 23.0. The topological polar surface area (TPSA) is 119 Å². The molecule has 2 aromatic rings. The molecule has 174 valence electrons. The van der Waals surface area contributed by atoms with Gasteiger partial charge in [0.05, 0.1) is 17.4 Å². The molecule has 33 heavy (non-hydrogen) atoms. The van der Waals surface area contributed by atoms with E-state index in [1.54, 1.807) is 10.3 Å². The highest BCUT2D eigenvalue weighted by Gasteiger charge is 2.41. The first-order valence-corrected chi connectivity index (χ1v) is 12.0. The van der Waals surface area contributed by atoms with Gasteiger partial charge in [-0.3, -0.25) is 19.2 Å². The Bertz CT molecular complexity index is 1080. The zero-order chi connectivity index (χ0) is 23.5. The van der Waals surface area contributed by atoms with Crippen molar-refractivity contribution in [3.05, 3.63) is 46.8 Å². The number of hydrogen-bond acceptors (Lipinski definition) is 6. The molecule has 3 N–H and O–H groups in total. The zero-order valence-corrected chi connectivity index (χ0v) is 19.2. The summed E-state index contributed by atoms with van der Waals surface area (Å²) in [6.07, 6.45) is 2.60. The van der Waals surface area contributed by atoms with Crippen molar-refractivity contribution in [3.63, 3.8) is 0 Å². The van der Waals surface area contributed by atoms with Gasteiger partial charge in [0.1, 0.15) is 5.00 Å². The fourth-order valence-electron chi connectivity index (χ4n) is 4.60. The number of amides is 3. The van der Waals surface area contributed by atoms with Crippen molar-refractivity contribution in [2.45, 2.75) is 45.1 Å². The molecule has 1 fully saturated rings. The average molecular weight is 470 g/mol. The third-order valence-electron chi connectivity index (χ3n) is 6.37. The lowest BCUT2D eigenvalue weighted by atomic mass is 9.78. The lowest BCUT2D eigenvalue weighted by molar-refractivity contribution is -0.161. The summed E-state index contributed by atoms with van der Waals surface area (Å²) in [4.78, 5) is 52.2. The average Bonchev–Trinajstić information content (AvgIpc) is 3.45. The molecule has 2 heterocycles. The van der Waals surface area contributed by atoms with E-state index < -0.39 is 35.7 Å². The molecule has 0 saturated heterocycles. The largest absolute Gasteiger partial charge is 0.452 e. The van der Waals surface area contributed by atoms with Crippen LogP contribution in [0, 0.1) is 11.8 Å². The van der Waals surface area contributed by atoms with Crippen molar-refractivity contribution in [2.75, 3.05) is 16.8 Å². The molecular formula is C24H27N3O5S. The molecular weight excluding hydrogens is 442 g/mol. The van der Waals surface area contributed by atoms with Crippen LogP contribution in [0.5, 0.6) is 0 Å². The first-order chi connectivity index (χ1) is 15.9. The van der Waals surface area contributed by atoms with Crippen molar-refractivity contribution >= 4 is 45.7 Å². The van der Waals surface area contributed by atoms with E-state index >= 15 is 0 Å². The van der Waals surface area contributed by atoms with Gasteiger partial charge < -0.3 is 20.7 Å². The number of thiophene rings is 1. The molecule has 1 aliphatic heterocycles.